The van der Waals surface area contributed by atoms with Gasteiger partial charge in [-0.25, -0.2) is 9.80 Å². The van der Waals surface area contributed by atoms with E-state index < -0.39 is 17.2 Å². The number of thiophene rings is 1. The molecular weight excluding hydrogens is 548 g/mol. The average molecular weight is 583 g/mol. The summed E-state index contributed by atoms with van der Waals surface area (Å²) in [7, 11) is 2.93. The lowest BCUT2D eigenvalue weighted by Crippen LogP contribution is -2.53. The van der Waals surface area contributed by atoms with E-state index in [9.17, 15) is 14.4 Å². The van der Waals surface area contributed by atoms with E-state index in [0.29, 0.717) is 48.0 Å². The molecule has 1 aromatic carbocycles. The molecule has 0 N–H and O–H groups in total. The first-order valence-corrected chi connectivity index (χ1v) is 14.1. The third kappa shape index (κ3) is 6.95. The normalized spacial score (nSPS) is 14.7. The fraction of sp³-hybridized carbons (Fsp3) is 0.379. The van der Waals surface area contributed by atoms with Crippen molar-refractivity contribution in [1.82, 2.24) is 9.24 Å². The van der Waals surface area contributed by atoms with Gasteiger partial charge in [0.25, 0.3) is 11.5 Å². The quantitative estimate of drug-likeness (QED) is 0.203. The van der Waals surface area contributed by atoms with Crippen molar-refractivity contribution in [3.05, 3.63) is 84.8 Å². The number of para-hydroxylation sites is 1. The number of rotatable bonds is 10. The van der Waals surface area contributed by atoms with Gasteiger partial charge in [0.1, 0.15) is 23.7 Å². The van der Waals surface area contributed by atoms with Gasteiger partial charge in [-0.05, 0) is 44.4 Å². The number of ether oxygens (including phenoxy) is 3. The molecule has 218 valence electrons. The molecule has 0 saturated carbocycles. The van der Waals surface area contributed by atoms with Crippen LogP contribution in [0.4, 0.5) is 0 Å². The molecule has 3 aromatic rings. The summed E-state index contributed by atoms with van der Waals surface area (Å²) in [5, 5.41) is 6.83. The van der Waals surface area contributed by atoms with Crippen LogP contribution in [0.15, 0.2) is 62.7 Å². The number of carbonyl (C=O) groups excluding carboxylic acids is 1. The topological polar surface area (TPSA) is 114 Å². The lowest BCUT2D eigenvalue weighted by atomic mass is 10.1. The standard InChI is InChI=1S/C29H34N4O7S/c1-19(2)40-30-20(3)23-17-32(29(36)33(27(23)34)31(4)28(35)26-11-8-16-41-26)18-25(39-21-12-14-38-15-13-21)22-9-6-7-10-24(22)37-5/h6-11,16-19,21H,12-15H2,1-5H3/b25-18-,30-20+. The molecule has 4 rings (SSSR count). The van der Waals surface area contributed by atoms with E-state index in [-0.39, 0.29) is 23.5 Å². The molecular formula is C29H34N4O7S. The van der Waals surface area contributed by atoms with E-state index in [1.54, 1.807) is 51.5 Å². The highest BCUT2D eigenvalue weighted by Gasteiger charge is 2.24. The zero-order valence-corrected chi connectivity index (χ0v) is 24.6. The number of methoxy groups -OCH3 is 1. The summed E-state index contributed by atoms with van der Waals surface area (Å²) in [5.74, 6) is 0.386. The van der Waals surface area contributed by atoms with Crippen molar-refractivity contribution < 1.29 is 23.8 Å². The van der Waals surface area contributed by atoms with E-state index in [1.165, 1.54) is 35.3 Å². The number of hydrogen-bond acceptors (Lipinski definition) is 9. The molecule has 1 aliphatic rings. The Bertz CT molecular complexity index is 1530. The lowest BCUT2D eigenvalue weighted by molar-refractivity contribution is 0.0139. The smallest absolute Gasteiger partial charge is 0.354 e. The fourth-order valence-corrected chi connectivity index (χ4v) is 4.85. The van der Waals surface area contributed by atoms with Gasteiger partial charge in [0.2, 0.25) is 0 Å². The summed E-state index contributed by atoms with van der Waals surface area (Å²) < 4.78 is 19.5. The first-order chi connectivity index (χ1) is 19.7. The molecule has 0 radical (unpaired) electrons. The summed E-state index contributed by atoms with van der Waals surface area (Å²) in [6.45, 7) is 6.32. The second kappa shape index (κ2) is 13.5. The molecule has 0 bridgehead atoms. The summed E-state index contributed by atoms with van der Waals surface area (Å²) in [6, 6.07) is 10.6. The molecule has 0 spiro atoms. The van der Waals surface area contributed by atoms with Crippen molar-refractivity contribution in [2.75, 3.05) is 32.4 Å². The third-order valence-electron chi connectivity index (χ3n) is 6.30. The van der Waals surface area contributed by atoms with E-state index >= 15 is 0 Å². The number of benzene rings is 1. The molecule has 0 aliphatic carbocycles. The summed E-state index contributed by atoms with van der Waals surface area (Å²) >= 11 is 1.21. The largest absolute Gasteiger partial charge is 0.496 e. The number of aromatic nitrogens is 2. The Morgan fingerprint density at radius 2 is 1.88 bits per heavy atom. The highest BCUT2D eigenvalue weighted by atomic mass is 32.1. The molecule has 0 unspecified atom stereocenters. The van der Waals surface area contributed by atoms with Crippen molar-refractivity contribution in [3.63, 3.8) is 0 Å². The van der Waals surface area contributed by atoms with Gasteiger partial charge in [-0.1, -0.05) is 23.4 Å². The maximum Gasteiger partial charge on any atom is 0.354 e. The van der Waals surface area contributed by atoms with E-state index in [4.69, 9.17) is 19.0 Å². The average Bonchev–Trinajstić information content (AvgIpc) is 3.52. The van der Waals surface area contributed by atoms with Gasteiger partial charge < -0.3 is 19.0 Å². The van der Waals surface area contributed by atoms with Crippen molar-refractivity contribution in [3.8, 4) is 5.75 Å². The van der Waals surface area contributed by atoms with E-state index in [0.717, 1.165) is 9.69 Å². The minimum Gasteiger partial charge on any atom is -0.496 e. The van der Waals surface area contributed by atoms with Crippen LogP contribution in [0.3, 0.4) is 0 Å². The minimum absolute atomic E-state index is 0.0674. The number of carbonyl (C=O) groups is 1. The molecule has 12 heteroatoms. The number of oxime groups is 1. The van der Waals surface area contributed by atoms with Gasteiger partial charge in [-0.15, -0.1) is 11.3 Å². The van der Waals surface area contributed by atoms with Crippen LogP contribution in [0.1, 0.15) is 54.4 Å². The Morgan fingerprint density at radius 1 is 1.15 bits per heavy atom. The van der Waals surface area contributed by atoms with Gasteiger partial charge in [0.05, 0.1) is 48.2 Å². The molecule has 2 aromatic heterocycles. The van der Waals surface area contributed by atoms with Gasteiger partial charge >= 0.3 is 5.69 Å². The van der Waals surface area contributed by atoms with Crippen LogP contribution in [0.25, 0.3) is 12.0 Å². The summed E-state index contributed by atoms with van der Waals surface area (Å²) in [6.07, 6.45) is 3.81. The predicted molar refractivity (Wildman–Crippen MR) is 158 cm³/mol. The van der Waals surface area contributed by atoms with Crippen molar-refractivity contribution in [2.45, 2.75) is 45.8 Å². The Labute approximate surface area is 241 Å². The molecule has 1 fully saturated rings. The van der Waals surface area contributed by atoms with Gasteiger partial charge in [-0.3, -0.25) is 14.2 Å². The Balaban J connectivity index is 1.93. The van der Waals surface area contributed by atoms with Crippen LogP contribution in [0.2, 0.25) is 0 Å². The molecule has 1 saturated heterocycles. The van der Waals surface area contributed by atoms with Crippen LogP contribution < -0.4 is 21.0 Å². The van der Waals surface area contributed by atoms with Gasteiger partial charge in [-0.2, -0.15) is 4.68 Å². The van der Waals surface area contributed by atoms with Crippen molar-refractivity contribution >= 4 is 34.9 Å². The van der Waals surface area contributed by atoms with E-state index in [1.807, 2.05) is 18.2 Å². The Morgan fingerprint density at radius 3 is 2.54 bits per heavy atom. The zero-order valence-electron chi connectivity index (χ0n) is 23.7. The predicted octanol–water partition coefficient (Wildman–Crippen LogP) is 3.79. The third-order valence-corrected chi connectivity index (χ3v) is 7.16. The van der Waals surface area contributed by atoms with Crippen LogP contribution in [0, 0.1) is 0 Å². The highest BCUT2D eigenvalue weighted by molar-refractivity contribution is 7.12. The second-order valence-corrected chi connectivity index (χ2v) is 10.6. The zero-order chi connectivity index (χ0) is 29.5. The highest BCUT2D eigenvalue weighted by Crippen LogP contribution is 2.30. The van der Waals surface area contributed by atoms with Crippen LogP contribution in [-0.4, -0.2) is 60.4 Å². The maximum absolute atomic E-state index is 13.9. The van der Waals surface area contributed by atoms with Crippen molar-refractivity contribution in [1.29, 1.82) is 0 Å². The number of amides is 1. The lowest BCUT2D eigenvalue weighted by Gasteiger charge is -2.26. The SMILES string of the molecule is COc1ccccc1/C(=C/n1cc(/C(C)=N/OC(C)C)c(=O)n(N(C)C(=O)c2cccs2)c1=O)OC1CCOCC1. The first-order valence-electron chi connectivity index (χ1n) is 13.2. The first kappa shape index (κ1) is 29.8. The number of hydrogen-bond donors (Lipinski definition) is 0. The second-order valence-electron chi connectivity index (χ2n) is 9.61. The number of nitrogens with zero attached hydrogens (tertiary/aromatic N) is 4. The summed E-state index contributed by atoms with van der Waals surface area (Å²) in [4.78, 5) is 46.5. The molecule has 41 heavy (non-hydrogen) atoms. The van der Waals surface area contributed by atoms with Gasteiger partial charge in [0, 0.05) is 26.1 Å². The molecule has 1 aliphatic heterocycles. The van der Waals surface area contributed by atoms with Crippen LogP contribution >= 0.6 is 11.3 Å². The molecule has 3 heterocycles. The molecule has 1 amide bonds. The van der Waals surface area contributed by atoms with Crippen LogP contribution in [0.5, 0.6) is 5.75 Å². The monoisotopic (exact) mass is 582 g/mol. The van der Waals surface area contributed by atoms with Crippen LogP contribution in [-0.2, 0) is 14.3 Å². The molecule has 0 atom stereocenters. The summed E-state index contributed by atoms with van der Waals surface area (Å²) in [5.41, 5.74) is -0.570. The minimum atomic E-state index is -0.772. The Kier molecular flexibility index (Phi) is 9.79. The fourth-order valence-electron chi connectivity index (χ4n) is 4.16. The van der Waals surface area contributed by atoms with E-state index in [2.05, 4.69) is 5.16 Å². The Hall–Kier alpha value is -4.16. The van der Waals surface area contributed by atoms with Gasteiger partial charge in [0.15, 0.2) is 0 Å². The van der Waals surface area contributed by atoms with Crippen molar-refractivity contribution in [2.24, 2.45) is 5.16 Å². The maximum atomic E-state index is 13.9. The molecule has 11 nitrogen and oxygen atoms in total.